The maximum atomic E-state index is 12.8. The molecule has 8 heteroatoms. The largest absolute Gasteiger partial charge is 0.506 e. The molecule has 1 N–H and O–H groups in total. The summed E-state index contributed by atoms with van der Waals surface area (Å²) in [4.78, 5) is 25.3. The molecule has 0 atom stereocenters. The number of carbonyl (C=O) groups excluding carboxylic acids is 2. The predicted molar refractivity (Wildman–Crippen MR) is 114 cm³/mol. The van der Waals surface area contributed by atoms with Crippen molar-refractivity contribution in [1.82, 2.24) is 0 Å². The highest BCUT2D eigenvalue weighted by Gasteiger charge is 2.31. The van der Waals surface area contributed by atoms with Crippen molar-refractivity contribution in [3.8, 4) is 28.4 Å². The van der Waals surface area contributed by atoms with Gasteiger partial charge in [-0.1, -0.05) is 6.07 Å². The van der Waals surface area contributed by atoms with E-state index in [1.165, 1.54) is 25.6 Å². The number of esters is 2. The van der Waals surface area contributed by atoms with Crippen LogP contribution in [0.4, 0.5) is 0 Å². The van der Waals surface area contributed by atoms with Crippen molar-refractivity contribution in [2.75, 3.05) is 27.4 Å². The molecular weight excluding hydrogens is 408 g/mol. The second-order valence-electron chi connectivity index (χ2n) is 6.15. The van der Waals surface area contributed by atoms with E-state index in [1.54, 1.807) is 29.6 Å². The Morgan fingerprint density at radius 3 is 2.20 bits per heavy atom. The molecular formula is C22H22O7S. The Morgan fingerprint density at radius 2 is 1.57 bits per heavy atom. The fraction of sp³-hybridized carbons (Fsp3) is 0.273. The second kappa shape index (κ2) is 9.04. The van der Waals surface area contributed by atoms with Crippen molar-refractivity contribution in [1.29, 1.82) is 0 Å². The van der Waals surface area contributed by atoms with E-state index in [-0.39, 0.29) is 16.9 Å². The standard InChI is InChI=1S/C22H22O7S/c1-5-28-14-8-7-12(11-15(14)29-6-2)16-17(21(24)26-3)18(22(25)27-4)19(23)13-9-10-30-20(13)16/h7-11,23H,5-6H2,1-4H3. The fourth-order valence-electron chi connectivity index (χ4n) is 3.27. The minimum absolute atomic E-state index is 0.0663. The van der Waals surface area contributed by atoms with Crippen LogP contribution in [0.25, 0.3) is 21.2 Å². The van der Waals surface area contributed by atoms with Gasteiger partial charge >= 0.3 is 11.9 Å². The lowest BCUT2D eigenvalue weighted by molar-refractivity contribution is 0.0553. The van der Waals surface area contributed by atoms with E-state index in [2.05, 4.69) is 0 Å². The van der Waals surface area contributed by atoms with E-state index in [0.717, 1.165) is 0 Å². The number of rotatable bonds is 7. The molecule has 0 radical (unpaired) electrons. The third-order valence-electron chi connectivity index (χ3n) is 4.50. The van der Waals surface area contributed by atoms with Gasteiger partial charge in [-0.3, -0.25) is 0 Å². The topological polar surface area (TPSA) is 91.3 Å². The van der Waals surface area contributed by atoms with Crippen molar-refractivity contribution in [3.05, 3.63) is 40.8 Å². The number of ether oxygens (including phenoxy) is 4. The molecule has 0 aliphatic rings. The molecule has 0 saturated heterocycles. The first-order valence-corrected chi connectivity index (χ1v) is 10.2. The van der Waals surface area contributed by atoms with Crippen LogP contribution in [0.15, 0.2) is 29.6 Å². The van der Waals surface area contributed by atoms with E-state index < -0.39 is 11.9 Å². The molecule has 30 heavy (non-hydrogen) atoms. The molecule has 0 unspecified atom stereocenters. The summed E-state index contributed by atoms with van der Waals surface area (Å²) in [5.74, 6) is -0.846. The lowest BCUT2D eigenvalue weighted by atomic mass is 9.92. The van der Waals surface area contributed by atoms with E-state index in [4.69, 9.17) is 18.9 Å². The first-order chi connectivity index (χ1) is 14.5. The number of aromatic hydroxyl groups is 1. The molecule has 0 aliphatic heterocycles. The van der Waals surface area contributed by atoms with Crippen LogP contribution < -0.4 is 9.47 Å². The van der Waals surface area contributed by atoms with Gasteiger partial charge < -0.3 is 24.1 Å². The number of methoxy groups -OCH3 is 2. The normalized spacial score (nSPS) is 10.7. The molecule has 1 aromatic heterocycles. The second-order valence-corrected chi connectivity index (χ2v) is 7.06. The van der Waals surface area contributed by atoms with Crippen molar-refractivity contribution < 1.29 is 33.6 Å². The Morgan fingerprint density at radius 1 is 0.933 bits per heavy atom. The van der Waals surface area contributed by atoms with Crippen LogP contribution in [0, 0.1) is 0 Å². The Kier molecular flexibility index (Phi) is 6.47. The zero-order chi connectivity index (χ0) is 21.8. The third-order valence-corrected chi connectivity index (χ3v) is 5.43. The number of benzene rings is 2. The van der Waals surface area contributed by atoms with Gasteiger partial charge in [0.2, 0.25) is 0 Å². The Balaban J connectivity index is 2.42. The van der Waals surface area contributed by atoms with Gasteiger partial charge in [0.1, 0.15) is 11.3 Å². The molecule has 0 aliphatic carbocycles. The predicted octanol–water partition coefficient (Wildman–Crippen LogP) is 4.64. The number of carbonyl (C=O) groups is 2. The molecule has 3 rings (SSSR count). The smallest absolute Gasteiger partial charge is 0.342 e. The minimum atomic E-state index is -0.835. The maximum absolute atomic E-state index is 12.8. The highest BCUT2D eigenvalue weighted by Crippen LogP contribution is 2.45. The number of phenols is 1. The van der Waals surface area contributed by atoms with Crippen molar-refractivity contribution >= 4 is 33.4 Å². The number of phenolic OH excluding ortho intramolecular Hbond substituents is 1. The number of hydrogen-bond acceptors (Lipinski definition) is 8. The summed E-state index contributed by atoms with van der Waals surface area (Å²) < 4.78 is 21.7. The number of hydrogen-bond donors (Lipinski definition) is 1. The van der Waals surface area contributed by atoms with Gasteiger partial charge in [0.05, 0.1) is 33.0 Å². The lowest BCUT2D eigenvalue weighted by Gasteiger charge is -2.17. The molecule has 7 nitrogen and oxygen atoms in total. The van der Waals surface area contributed by atoms with Crippen molar-refractivity contribution in [2.24, 2.45) is 0 Å². The maximum Gasteiger partial charge on any atom is 0.342 e. The van der Waals surface area contributed by atoms with Crippen LogP contribution in [-0.2, 0) is 9.47 Å². The monoisotopic (exact) mass is 430 g/mol. The summed E-state index contributed by atoms with van der Waals surface area (Å²) in [5.41, 5.74) is 0.759. The van der Waals surface area contributed by atoms with E-state index in [9.17, 15) is 14.7 Å². The molecule has 0 saturated carbocycles. The average Bonchev–Trinajstić information content (AvgIpc) is 3.24. The molecule has 158 valence electrons. The minimum Gasteiger partial charge on any atom is -0.506 e. The van der Waals surface area contributed by atoms with Gasteiger partial charge in [0, 0.05) is 15.6 Å². The van der Waals surface area contributed by atoms with Gasteiger partial charge in [0.15, 0.2) is 11.5 Å². The van der Waals surface area contributed by atoms with Gasteiger partial charge in [-0.25, -0.2) is 9.59 Å². The van der Waals surface area contributed by atoms with E-state index in [0.29, 0.717) is 45.9 Å². The van der Waals surface area contributed by atoms with Crippen molar-refractivity contribution in [3.63, 3.8) is 0 Å². The highest BCUT2D eigenvalue weighted by molar-refractivity contribution is 7.18. The Hall–Kier alpha value is -3.26. The van der Waals surface area contributed by atoms with E-state index >= 15 is 0 Å². The highest BCUT2D eigenvalue weighted by atomic mass is 32.1. The number of thiophene rings is 1. The third kappa shape index (κ3) is 3.66. The van der Waals surface area contributed by atoms with Gasteiger partial charge in [-0.05, 0) is 43.0 Å². The summed E-state index contributed by atoms with van der Waals surface area (Å²) in [6.07, 6.45) is 0. The molecule has 0 spiro atoms. The van der Waals surface area contributed by atoms with Crippen LogP contribution in [0.3, 0.4) is 0 Å². The van der Waals surface area contributed by atoms with Crippen LogP contribution >= 0.6 is 11.3 Å². The van der Waals surface area contributed by atoms with Crippen LogP contribution in [0.2, 0.25) is 0 Å². The molecule has 3 aromatic rings. The van der Waals surface area contributed by atoms with Crippen LogP contribution in [0.5, 0.6) is 17.2 Å². The summed E-state index contributed by atoms with van der Waals surface area (Å²) in [6.45, 7) is 4.62. The van der Waals surface area contributed by atoms with Crippen LogP contribution in [0.1, 0.15) is 34.6 Å². The SMILES string of the molecule is CCOc1ccc(-c2c(C(=O)OC)c(C(=O)OC)c(O)c3ccsc23)cc1OCC. The Bertz CT molecular complexity index is 1100. The Labute approximate surface area is 177 Å². The molecule has 0 amide bonds. The van der Waals surface area contributed by atoms with Crippen LogP contribution in [-0.4, -0.2) is 44.5 Å². The first-order valence-electron chi connectivity index (χ1n) is 9.31. The fourth-order valence-corrected chi connectivity index (χ4v) is 4.24. The van der Waals surface area contributed by atoms with E-state index in [1.807, 2.05) is 13.8 Å². The molecule has 0 bridgehead atoms. The summed E-state index contributed by atoms with van der Waals surface area (Å²) >= 11 is 1.33. The summed E-state index contributed by atoms with van der Waals surface area (Å²) in [5, 5.41) is 13.0. The first kappa shape index (κ1) is 21.4. The summed E-state index contributed by atoms with van der Waals surface area (Å²) in [6, 6.07) is 6.94. The zero-order valence-corrected chi connectivity index (χ0v) is 17.9. The van der Waals surface area contributed by atoms with Gasteiger partial charge in [-0.2, -0.15) is 0 Å². The summed E-state index contributed by atoms with van der Waals surface area (Å²) in [7, 11) is 2.40. The van der Waals surface area contributed by atoms with Crippen molar-refractivity contribution in [2.45, 2.75) is 13.8 Å². The zero-order valence-electron chi connectivity index (χ0n) is 17.1. The molecule has 1 heterocycles. The van der Waals surface area contributed by atoms with Gasteiger partial charge in [0.25, 0.3) is 0 Å². The average molecular weight is 430 g/mol. The lowest BCUT2D eigenvalue weighted by Crippen LogP contribution is -2.14. The molecule has 0 fully saturated rings. The molecule has 2 aromatic carbocycles. The number of fused-ring (bicyclic) bond motifs is 1. The van der Waals surface area contributed by atoms with Gasteiger partial charge in [-0.15, -0.1) is 11.3 Å². The quantitative estimate of drug-likeness (QED) is 0.546.